The molecule has 1 heterocycles. The van der Waals surface area contributed by atoms with Gasteiger partial charge in [-0.25, -0.2) is 4.79 Å². The lowest BCUT2D eigenvalue weighted by molar-refractivity contribution is -0.0922. The van der Waals surface area contributed by atoms with Crippen molar-refractivity contribution in [2.24, 2.45) is 28.6 Å². The zero-order chi connectivity index (χ0) is 23.8. The molecule has 5 nitrogen and oxygen atoms in total. The Hall–Kier alpha value is -2.74. The van der Waals surface area contributed by atoms with Crippen LogP contribution >= 0.6 is 0 Å². The zero-order valence-electron chi connectivity index (χ0n) is 20.5. The van der Waals surface area contributed by atoms with Gasteiger partial charge in [0.25, 0.3) is 0 Å². The van der Waals surface area contributed by atoms with E-state index in [1.165, 1.54) is 0 Å². The first-order chi connectivity index (χ1) is 14.8. The fraction of sp³-hybridized carbons (Fsp3) is 0.556. The third-order valence-electron chi connectivity index (χ3n) is 7.01. The topological polar surface area (TPSA) is 91.9 Å². The minimum atomic E-state index is -0.383. The van der Waals surface area contributed by atoms with Gasteiger partial charge < -0.3 is 15.5 Å². The standard InChI is InChI=1S/C27H37N3O2/c1-16-12-20(26(2,3)4)23(21(13-16)27(5,6)7)32-25(31)22-19(15-30-24(22)29)18-10-8-17(14-28)9-11-18/h8-11,15-16,20-21,23,30H,12-13,29H2,1-7H3. The summed E-state index contributed by atoms with van der Waals surface area (Å²) in [6.07, 6.45) is 3.64. The number of rotatable bonds is 3. The number of benzene rings is 1. The fourth-order valence-corrected chi connectivity index (χ4v) is 5.16. The van der Waals surface area contributed by atoms with E-state index >= 15 is 0 Å². The van der Waals surface area contributed by atoms with Crippen LogP contribution in [-0.4, -0.2) is 17.1 Å². The number of nitrogens with one attached hydrogen (secondary N) is 1. The highest BCUT2D eigenvalue weighted by Gasteiger charge is 2.48. The minimum absolute atomic E-state index is 0.0166. The third kappa shape index (κ3) is 4.85. The number of anilines is 1. The minimum Gasteiger partial charge on any atom is -0.458 e. The monoisotopic (exact) mass is 435 g/mol. The number of nitrogens with two attached hydrogens (primary N) is 1. The van der Waals surface area contributed by atoms with Crippen LogP contribution in [0.3, 0.4) is 0 Å². The van der Waals surface area contributed by atoms with E-state index in [2.05, 4.69) is 59.5 Å². The van der Waals surface area contributed by atoms with Crippen molar-refractivity contribution in [1.82, 2.24) is 4.98 Å². The molecule has 0 aliphatic heterocycles. The summed E-state index contributed by atoms with van der Waals surface area (Å²) in [6, 6.07) is 9.25. The molecule has 1 saturated carbocycles. The SMILES string of the molecule is CC1CC(C(C)(C)C)C(OC(=O)c2c(-c3ccc(C#N)cc3)c[nH]c2N)C(C(C)(C)C)C1. The second-order valence-electron chi connectivity index (χ2n) is 11.6. The van der Waals surface area contributed by atoms with Crippen LogP contribution in [0.15, 0.2) is 30.5 Å². The van der Waals surface area contributed by atoms with E-state index < -0.39 is 0 Å². The van der Waals surface area contributed by atoms with Gasteiger partial charge >= 0.3 is 5.97 Å². The molecule has 172 valence electrons. The normalized spacial score (nSPS) is 24.1. The summed E-state index contributed by atoms with van der Waals surface area (Å²) in [5.41, 5.74) is 8.68. The Morgan fingerprint density at radius 1 is 1.06 bits per heavy atom. The molecule has 1 fully saturated rings. The molecule has 2 unspecified atom stereocenters. The molecule has 1 aliphatic carbocycles. The first kappa shape index (κ1) is 23.9. The van der Waals surface area contributed by atoms with Crippen LogP contribution in [0, 0.1) is 39.9 Å². The summed E-state index contributed by atoms with van der Waals surface area (Å²) in [7, 11) is 0. The average molecular weight is 436 g/mol. The summed E-state index contributed by atoms with van der Waals surface area (Å²) >= 11 is 0. The van der Waals surface area contributed by atoms with Crippen LogP contribution < -0.4 is 5.73 Å². The molecule has 1 aromatic carbocycles. The van der Waals surface area contributed by atoms with Crippen molar-refractivity contribution in [1.29, 1.82) is 5.26 Å². The molecule has 1 aliphatic rings. The van der Waals surface area contributed by atoms with Crippen molar-refractivity contribution >= 4 is 11.8 Å². The summed E-state index contributed by atoms with van der Waals surface area (Å²) in [6.45, 7) is 15.7. The van der Waals surface area contributed by atoms with E-state index in [-0.39, 0.29) is 34.7 Å². The lowest BCUT2D eigenvalue weighted by Crippen LogP contribution is -2.49. The van der Waals surface area contributed by atoms with Crippen LogP contribution in [0.25, 0.3) is 11.1 Å². The van der Waals surface area contributed by atoms with Crippen molar-refractivity contribution in [3.63, 3.8) is 0 Å². The number of esters is 1. The number of H-pyrrole nitrogens is 1. The number of carbonyl (C=O) groups is 1. The van der Waals surface area contributed by atoms with Gasteiger partial charge in [-0.3, -0.25) is 0 Å². The molecule has 0 saturated heterocycles. The highest BCUT2D eigenvalue weighted by atomic mass is 16.5. The highest BCUT2D eigenvalue weighted by Crippen LogP contribution is 2.50. The lowest BCUT2D eigenvalue weighted by Gasteiger charge is -2.50. The largest absolute Gasteiger partial charge is 0.458 e. The van der Waals surface area contributed by atoms with Crippen LogP contribution in [0.4, 0.5) is 5.82 Å². The number of aromatic amines is 1. The molecular formula is C27H37N3O2. The number of hydrogen-bond donors (Lipinski definition) is 2. The molecule has 3 N–H and O–H groups in total. The van der Waals surface area contributed by atoms with E-state index in [1.807, 2.05) is 12.1 Å². The van der Waals surface area contributed by atoms with Gasteiger partial charge in [-0.1, -0.05) is 60.6 Å². The molecule has 2 atom stereocenters. The van der Waals surface area contributed by atoms with Gasteiger partial charge in [0.15, 0.2) is 0 Å². The molecule has 0 bridgehead atoms. The van der Waals surface area contributed by atoms with Gasteiger partial charge in [0, 0.05) is 23.6 Å². The summed E-state index contributed by atoms with van der Waals surface area (Å²) < 4.78 is 6.36. The number of hydrogen-bond acceptors (Lipinski definition) is 4. The summed E-state index contributed by atoms with van der Waals surface area (Å²) in [5.74, 6) is 1.03. The number of nitrogen functional groups attached to an aromatic ring is 1. The number of nitrogens with zero attached hydrogens (tertiary/aromatic N) is 1. The van der Waals surface area contributed by atoms with E-state index in [4.69, 9.17) is 15.7 Å². The van der Waals surface area contributed by atoms with Crippen molar-refractivity contribution in [2.75, 3.05) is 5.73 Å². The fourth-order valence-electron chi connectivity index (χ4n) is 5.16. The number of carbonyl (C=O) groups excluding carboxylic acids is 1. The van der Waals surface area contributed by atoms with Gasteiger partial charge in [-0.2, -0.15) is 5.26 Å². The number of aromatic nitrogens is 1. The number of nitriles is 1. The molecule has 1 aromatic heterocycles. The third-order valence-corrected chi connectivity index (χ3v) is 7.01. The van der Waals surface area contributed by atoms with Gasteiger partial charge in [-0.15, -0.1) is 0 Å². The maximum atomic E-state index is 13.6. The molecule has 2 aromatic rings. The van der Waals surface area contributed by atoms with Crippen molar-refractivity contribution in [2.45, 2.75) is 67.4 Å². The van der Waals surface area contributed by atoms with Crippen LogP contribution in [-0.2, 0) is 4.74 Å². The van der Waals surface area contributed by atoms with Gasteiger partial charge in [0.05, 0.1) is 11.6 Å². The second-order valence-corrected chi connectivity index (χ2v) is 11.6. The predicted molar refractivity (Wildman–Crippen MR) is 129 cm³/mol. The second kappa shape index (κ2) is 8.65. The molecule has 0 spiro atoms. The lowest BCUT2D eigenvalue weighted by atomic mass is 9.59. The van der Waals surface area contributed by atoms with Crippen molar-refractivity contribution in [3.05, 3.63) is 41.6 Å². The Morgan fingerprint density at radius 2 is 1.59 bits per heavy atom. The smallest absolute Gasteiger partial charge is 0.342 e. The average Bonchev–Trinajstić information content (AvgIpc) is 3.09. The maximum absolute atomic E-state index is 13.6. The first-order valence-electron chi connectivity index (χ1n) is 11.5. The predicted octanol–water partition coefficient (Wildman–Crippen LogP) is 6.42. The Morgan fingerprint density at radius 3 is 2.06 bits per heavy atom. The van der Waals surface area contributed by atoms with Crippen molar-refractivity contribution < 1.29 is 9.53 Å². The maximum Gasteiger partial charge on any atom is 0.342 e. The molecule has 3 rings (SSSR count). The van der Waals surface area contributed by atoms with E-state index in [0.717, 1.165) is 18.4 Å². The Bertz CT molecular complexity index is 975. The van der Waals surface area contributed by atoms with Crippen molar-refractivity contribution in [3.8, 4) is 17.2 Å². The Kier molecular flexibility index (Phi) is 6.47. The van der Waals surface area contributed by atoms with Crippen LogP contribution in [0.5, 0.6) is 0 Å². The summed E-state index contributed by atoms with van der Waals surface area (Å²) in [5, 5.41) is 9.08. The molecular weight excluding hydrogens is 398 g/mol. The van der Waals surface area contributed by atoms with Gasteiger partial charge in [0.2, 0.25) is 0 Å². The highest BCUT2D eigenvalue weighted by molar-refractivity contribution is 6.02. The molecule has 0 amide bonds. The quantitative estimate of drug-likeness (QED) is 0.544. The van der Waals surface area contributed by atoms with E-state index in [0.29, 0.717) is 28.4 Å². The zero-order valence-corrected chi connectivity index (χ0v) is 20.5. The van der Waals surface area contributed by atoms with Crippen LogP contribution in [0.1, 0.15) is 77.2 Å². The first-order valence-corrected chi connectivity index (χ1v) is 11.5. The summed E-state index contributed by atoms with van der Waals surface area (Å²) in [4.78, 5) is 16.5. The Labute approximate surface area is 192 Å². The van der Waals surface area contributed by atoms with E-state index in [1.54, 1.807) is 18.3 Å². The number of ether oxygens (including phenoxy) is 1. The van der Waals surface area contributed by atoms with Crippen LogP contribution in [0.2, 0.25) is 0 Å². The Balaban J connectivity index is 1.98. The van der Waals surface area contributed by atoms with E-state index in [9.17, 15) is 4.79 Å². The molecule has 0 radical (unpaired) electrons. The molecule has 5 heteroatoms. The van der Waals surface area contributed by atoms with Gasteiger partial charge in [0.1, 0.15) is 17.5 Å². The van der Waals surface area contributed by atoms with Gasteiger partial charge in [-0.05, 0) is 47.3 Å². The molecule has 32 heavy (non-hydrogen) atoms.